The molecule has 0 bridgehead atoms. The predicted octanol–water partition coefficient (Wildman–Crippen LogP) is 3.21. The number of sulfonamides is 1. The van der Waals surface area contributed by atoms with Crippen LogP contribution in [-0.2, 0) is 27.4 Å². The SMILES string of the molecule is CCCCS(=O)(=O)N1CCC(C(=O)NCCc2ccc(C(F)(F)F)cc2)CC1. The van der Waals surface area contributed by atoms with Crippen molar-refractivity contribution in [2.45, 2.75) is 45.2 Å². The molecule has 9 heteroatoms. The Hall–Kier alpha value is -1.61. The Balaban J connectivity index is 1.74. The summed E-state index contributed by atoms with van der Waals surface area (Å²) < 4.78 is 63.5. The number of carbonyl (C=O) groups is 1. The Kier molecular flexibility index (Phi) is 7.88. The van der Waals surface area contributed by atoms with Crippen LogP contribution >= 0.6 is 0 Å². The van der Waals surface area contributed by atoms with E-state index in [9.17, 15) is 26.4 Å². The number of carbonyl (C=O) groups excluding carboxylic acids is 1. The summed E-state index contributed by atoms with van der Waals surface area (Å²) in [5.74, 6) is -0.212. The van der Waals surface area contributed by atoms with E-state index < -0.39 is 21.8 Å². The van der Waals surface area contributed by atoms with Crippen molar-refractivity contribution in [1.82, 2.24) is 9.62 Å². The quantitative estimate of drug-likeness (QED) is 0.702. The second-order valence-electron chi connectivity index (χ2n) is 7.08. The van der Waals surface area contributed by atoms with E-state index >= 15 is 0 Å². The van der Waals surface area contributed by atoms with Crippen LogP contribution < -0.4 is 5.32 Å². The van der Waals surface area contributed by atoms with Crippen LogP contribution in [0.15, 0.2) is 24.3 Å². The Morgan fingerprint density at radius 1 is 1.18 bits per heavy atom. The summed E-state index contributed by atoms with van der Waals surface area (Å²) in [6.07, 6.45) is -1.50. The monoisotopic (exact) mass is 420 g/mol. The van der Waals surface area contributed by atoms with E-state index in [1.165, 1.54) is 16.4 Å². The minimum atomic E-state index is -4.36. The molecule has 0 spiro atoms. The molecule has 1 amide bonds. The van der Waals surface area contributed by atoms with E-state index in [4.69, 9.17) is 0 Å². The molecule has 0 aromatic heterocycles. The van der Waals surface area contributed by atoms with Gasteiger partial charge in [-0.25, -0.2) is 12.7 Å². The number of nitrogens with zero attached hydrogens (tertiary/aromatic N) is 1. The smallest absolute Gasteiger partial charge is 0.356 e. The molecule has 1 aromatic carbocycles. The molecule has 0 aliphatic carbocycles. The number of hydrogen-bond donors (Lipinski definition) is 1. The summed E-state index contributed by atoms with van der Waals surface area (Å²) in [5.41, 5.74) is 0.0195. The van der Waals surface area contributed by atoms with Gasteiger partial charge in [-0.05, 0) is 43.4 Å². The van der Waals surface area contributed by atoms with Gasteiger partial charge in [0.15, 0.2) is 0 Å². The number of alkyl halides is 3. The first kappa shape index (κ1) is 22.7. The van der Waals surface area contributed by atoms with Crippen LogP contribution in [-0.4, -0.2) is 44.0 Å². The number of nitrogens with one attached hydrogen (secondary N) is 1. The van der Waals surface area contributed by atoms with Crippen molar-refractivity contribution in [3.8, 4) is 0 Å². The molecule has 1 N–H and O–H groups in total. The van der Waals surface area contributed by atoms with Crippen molar-refractivity contribution in [2.24, 2.45) is 5.92 Å². The molecule has 0 radical (unpaired) electrons. The van der Waals surface area contributed by atoms with Crippen LogP contribution in [0.1, 0.15) is 43.7 Å². The van der Waals surface area contributed by atoms with Gasteiger partial charge in [-0.2, -0.15) is 13.2 Å². The Labute approximate surface area is 164 Å². The van der Waals surface area contributed by atoms with Crippen LogP contribution in [0, 0.1) is 5.92 Å². The third-order valence-corrected chi connectivity index (χ3v) is 6.92. The van der Waals surface area contributed by atoms with Gasteiger partial charge in [-0.3, -0.25) is 4.79 Å². The van der Waals surface area contributed by atoms with Gasteiger partial charge in [0, 0.05) is 25.6 Å². The standard InChI is InChI=1S/C19H27F3N2O3S/c1-2-3-14-28(26,27)24-12-9-16(10-13-24)18(25)23-11-8-15-4-6-17(7-5-15)19(20,21)22/h4-7,16H,2-3,8-14H2,1H3,(H,23,25). The summed E-state index contributed by atoms with van der Waals surface area (Å²) in [7, 11) is -3.24. The molecular formula is C19H27F3N2O3S. The van der Waals surface area contributed by atoms with Gasteiger partial charge in [0.05, 0.1) is 11.3 Å². The van der Waals surface area contributed by atoms with E-state index in [2.05, 4.69) is 5.32 Å². The molecule has 1 fully saturated rings. The fourth-order valence-electron chi connectivity index (χ4n) is 3.19. The summed E-state index contributed by atoms with van der Waals surface area (Å²) in [6.45, 7) is 2.97. The molecule has 0 atom stereocenters. The Morgan fingerprint density at radius 2 is 1.79 bits per heavy atom. The number of amides is 1. The van der Waals surface area contributed by atoms with Crippen molar-refractivity contribution in [2.75, 3.05) is 25.4 Å². The van der Waals surface area contributed by atoms with Crippen molar-refractivity contribution in [3.05, 3.63) is 35.4 Å². The highest BCUT2D eigenvalue weighted by atomic mass is 32.2. The minimum absolute atomic E-state index is 0.127. The van der Waals surface area contributed by atoms with Gasteiger partial charge in [-0.1, -0.05) is 25.5 Å². The fourth-order valence-corrected chi connectivity index (χ4v) is 4.87. The molecule has 5 nitrogen and oxygen atoms in total. The average Bonchev–Trinajstić information content (AvgIpc) is 2.66. The van der Waals surface area contributed by atoms with Gasteiger partial charge < -0.3 is 5.32 Å². The number of halogens is 3. The van der Waals surface area contributed by atoms with Crippen molar-refractivity contribution in [3.63, 3.8) is 0 Å². The Bertz CT molecular complexity index is 741. The predicted molar refractivity (Wildman–Crippen MR) is 101 cm³/mol. The first-order valence-electron chi connectivity index (χ1n) is 9.55. The third kappa shape index (κ3) is 6.48. The number of hydrogen-bond acceptors (Lipinski definition) is 3. The highest BCUT2D eigenvalue weighted by Crippen LogP contribution is 2.29. The molecule has 0 unspecified atom stereocenters. The van der Waals surface area contributed by atoms with Crippen molar-refractivity contribution in [1.29, 1.82) is 0 Å². The second kappa shape index (κ2) is 9.73. The minimum Gasteiger partial charge on any atom is -0.356 e. The van der Waals surface area contributed by atoms with E-state index in [-0.39, 0.29) is 17.6 Å². The maximum atomic E-state index is 12.5. The van der Waals surface area contributed by atoms with Crippen LogP contribution in [0.2, 0.25) is 0 Å². The van der Waals surface area contributed by atoms with Crippen molar-refractivity contribution < 1.29 is 26.4 Å². The summed E-state index contributed by atoms with van der Waals surface area (Å²) in [4.78, 5) is 12.3. The van der Waals surface area contributed by atoms with E-state index in [0.29, 0.717) is 50.9 Å². The van der Waals surface area contributed by atoms with Gasteiger partial charge in [0.2, 0.25) is 15.9 Å². The van der Waals surface area contributed by atoms with E-state index in [1.807, 2.05) is 6.92 Å². The third-order valence-electron chi connectivity index (χ3n) is 4.97. The molecule has 1 saturated heterocycles. The molecule has 1 aliphatic rings. The maximum Gasteiger partial charge on any atom is 0.416 e. The first-order chi connectivity index (χ1) is 13.1. The molecule has 1 aliphatic heterocycles. The molecule has 1 aromatic rings. The van der Waals surface area contributed by atoms with Gasteiger partial charge in [0.1, 0.15) is 0 Å². The molecule has 1 heterocycles. The van der Waals surface area contributed by atoms with Gasteiger partial charge >= 0.3 is 6.18 Å². The zero-order valence-electron chi connectivity index (χ0n) is 16.0. The lowest BCUT2D eigenvalue weighted by atomic mass is 9.97. The maximum absolute atomic E-state index is 12.5. The van der Waals surface area contributed by atoms with Crippen LogP contribution in [0.4, 0.5) is 13.2 Å². The molecule has 0 saturated carbocycles. The molecular weight excluding hydrogens is 393 g/mol. The number of rotatable bonds is 8. The lowest BCUT2D eigenvalue weighted by Gasteiger charge is -2.30. The lowest BCUT2D eigenvalue weighted by molar-refractivity contribution is -0.137. The van der Waals surface area contributed by atoms with E-state index in [0.717, 1.165) is 18.6 Å². The summed E-state index contributed by atoms with van der Waals surface area (Å²) >= 11 is 0. The fraction of sp³-hybridized carbons (Fsp3) is 0.632. The van der Waals surface area contributed by atoms with Crippen molar-refractivity contribution >= 4 is 15.9 Å². The van der Waals surface area contributed by atoms with Crippen LogP contribution in [0.25, 0.3) is 0 Å². The van der Waals surface area contributed by atoms with Gasteiger partial charge in [-0.15, -0.1) is 0 Å². The number of piperidine rings is 1. The lowest BCUT2D eigenvalue weighted by Crippen LogP contribution is -2.44. The van der Waals surface area contributed by atoms with E-state index in [1.54, 1.807) is 0 Å². The first-order valence-corrected chi connectivity index (χ1v) is 11.2. The highest BCUT2D eigenvalue weighted by molar-refractivity contribution is 7.89. The van der Waals surface area contributed by atoms with Crippen LogP contribution in [0.5, 0.6) is 0 Å². The zero-order valence-corrected chi connectivity index (χ0v) is 16.8. The normalized spacial score (nSPS) is 16.9. The molecule has 2 rings (SSSR count). The largest absolute Gasteiger partial charge is 0.416 e. The highest BCUT2D eigenvalue weighted by Gasteiger charge is 2.31. The number of benzene rings is 1. The Morgan fingerprint density at radius 3 is 2.32 bits per heavy atom. The second-order valence-corrected chi connectivity index (χ2v) is 9.17. The zero-order chi connectivity index (χ0) is 20.8. The summed E-state index contributed by atoms with van der Waals surface area (Å²) in [5, 5.41) is 2.80. The number of unbranched alkanes of at least 4 members (excludes halogenated alkanes) is 1. The molecule has 158 valence electrons. The average molecular weight is 420 g/mol. The van der Waals surface area contributed by atoms with Crippen LogP contribution in [0.3, 0.4) is 0 Å². The summed E-state index contributed by atoms with van der Waals surface area (Å²) in [6, 6.07) is 4.89. The molecule has 28 heavy (non-hydrogen) atoms. The topological polar surface area (TPSA) is 66.5 Å². The van der Waals surface area contributed by atoms with Gasteiger partial charge in [0.25, 0.3) is 0 Å².